The number of oxime groups is 1. The molecule has 2 rings (SSSR count). The molecular weight excluding hydrogens is 325 g/mol. The molecule has 1 fully saturated rings. The van der Waals surface area contributed by atoms with Gasteiger partial charge in [0.05, 0.1) is 11.9 Å². The molecule has 0 spiro atoms. The highest BCUT2D eigenvalue weighted by atomic mass is 32.2. The number of hydrogen-bond donors (Lipinski definition) is 0. The largest absolute Gasteiger partial charge is 0.427 e. The first-order valence-electron chi connectivity index (χ1n) is 6.42. The van der Waals surface area contributed by atoms with Crippen molar-refractivity contribution in [2.24, 2.45) is 11.1 Å². The third-order valence-corrected chi connectivity index (χ3v) is 4.29. The molecule has 1 saturated carbocycles. The number of oxazole rings is 1. The van der Waals surface area contributed by atoms with Crippen molar-refractivity contribution in [2.45, 2.75) is 24.5 Å². The lowest BCUT2D eigenvalue weighted by Crippen LogP contribution is -2.07. The summed E-state index contributed by atoms with van der Waals surface area (Å²) in [6.45, 7) is 0.482. The second-order valence-electron chi connectivity index (χ2n) is 4.74. The molecule has 0 amide bonds. The Bertz CT molecular complexity index is 676. The van der Waals surface area contributed by atoms with Gasteiger partial charge in [-0.2, -0.15) is 8.78 Å². The van der Waals surface area contributed by atoms with Crippen molar-refractivity contribution >= 4 is 16.1 Å². The first kappa shape index (κ1) is 16.5. The zero-order chi connectivity index (χ0) is 16.2. The number of halogens is 3. The van der Waals surface area contributed by atoms with Crippen molar-refractivity contribution in [1.82, 2.24) is 4.98 Å². The summed E-state index contributed by atoms with van der Waals surface area (Å²) in [5.41, 5.74) is 0. The molecule has 1 aromatic rings. The van der Waals surface area contributed by atoms with Gasteiger partial charge in [-0.05, 0) is 18.8 Å². The van der Waals surface area contributed by atoms with Crippen LogP contribution in [0.15, 0.2) is 32.9 Å². The Morgan fingerprint density at radius 2 is 2.18 bits per heavy atom. The summed E-state index contributed by atoms with van der Waals surface area (Å²) >= 11 is 0. The van der Waals surface area contributed by atoms with E-state index in [2.05, 4.69) is 10.1 Å². The molecular formula is C12H13F3N2O4S. The Morgan fingerprint density at radius 1 is 1.45 bits per heavy atom. The van der Waals surface area contributed by atoms with Gasteiger partial charge in [-0.3, -0.25) is 0 Å². The van der Waals surface area contributed by atoms with Gasteiger partial charge in [0, 0.05) is 6.42 Å². The van der Waals surface area contributed by atoms with Crippen molar-refractivity contribution in [3.63, 3.8) is 0 Å². The van der Waals surface area contributed by atoms with Crippen LogP contribution in [0.25, 0.3) is 0 Å². The van der Waals surface area contributed by atoms with Gasteiger partial charge in [-0.1, -0.05) is 5.16 Å². The summed E-state index contributed by atoms with van der Waals surface area (Å²) in [6, 6.07) is 0. The number of aromatic nitrogens is 1. The lowest BCUT2D eigenvalue weighted by Gasteiger charge is -1.98. The zero-order valence-corrected chi connectivity index (χ0v) is 12.2. The maximum absolute atomic E-state index is 12.6. The zero-order valence-electron chi connectivity index (χ0n) is 11.3. The highest BCUT2D eigenvalue weighted by Gasteiger charge is 2.23. The van der Waals surface area contributed by atoms with Crippen molar-refractivity contribution in [1.29, 1.82) is 0 Å². The predicted molar refractivity (Wildman–Crippen MR) is 69.8 cm³/mol. The van der Waals surface area contributed by atoms with Crippen LogP contribution < -0.4 is 0 Å². The maximum Gasteiger partial charge on any atom is 0.315 e. The van der Waals surface area contributed by atoms with E-state index < -0.39 is 39.1 Å². The fraction of sp³-hybridized carbons (Fsp3) is 0.500. The number of nitrogens with zero attached hydrogens (tertiary/aromatic N) is 2. The minimum Gasteiger partial charge on any atom is -0.427 e. The third-order valence-electron chi connectivity index (χ3n) is 2.83. The number of rotatable bonds is 8. The molecule has 0 bridgehead atoms. The van der Waals surface area contributed by atoms with Gasteiger partial charge in [0.2, 0.25) is 9.84 Å². The molecule has 0 aromatic carbocycles. The van der Waals surface area contributed by atoms with Gasteiger partial charge < -0.3 is 9.25 Å². The van der Waals surface area contributed by atoms with E-state index in [1.165, 1.54) is 0 Å². The van der Waals surface area contributed by atoms with E-state index in [1.54, 1.807) is 0 Å². The molecule has 0 atom stereocenters. The molecule has 1 heterocycles. The van der Waals surface area contributed by atoms with Gasteiger partial charge >= 0.3 is 11.3 Å². The fourth-order valence-corrected chi connectivity index (χ4v) is 2.46. The van der Waals surface area contributed by atoms with Crippen LogP contribution >= 0.6 is 0 Å². The van der Waals surface area contributed by atoms with Crippen LogP contribution in [0.3, 0.4) is 0 Å². The molecule has 22 heavy (non-hydrogen) atoms. The van der Waals surface area contributed by atoms with Crippen LogP contribution in [-0.2, 0) is 14.7 Å². The van der Waals surface area contributed by atoms with E-state index in [-0.39, 0.29) is 5.76 Å². The van der Waals surface area contributed by atoms with Crippen LogP contribution in [0.5, 0.6) is 0 Å². The Balaban J connectivity index is 1.92. The Kier molecular flexibility index (Phi) is 5.22. The summed E-state index contributed by atoms with van der Waals surface area (Å²) in [5.74, 6) is -2.10. The molecule has 1 aliphatic rings. The second kappa shape index (κ2) is 6.95. The quantitative estimate of drug-likeness (QED) is 0.538. The molecule has 0 radical (unpaired) electrons. The van der Waals surface area contributed by atoms with Crippen molar-refractivity contribution in [3.8, 4) is 0 Å². The Morgan fingerprint density at radius 3 is 2.82 bits per heavy atom. The molecule has 1 aliphatic carbocycles. The van der Waals surface area contributed by atoms with Gasteiger partial charge in [-0.15, -0.1) is 0 Å². The predicted octanol–water partition coefficient (Wildman–Crippen LogP) is 2.68. The molecule has 0 aliphatic heterocycles. The molecule has 6 nitrogen and oxygen atoms in total. The van der Waals surface area contributed by atoms with Crippen molar-refractivity contribution < 1.29 is 30.8 Å². The van der Waals surface area contributed by atoms with E-state index in [1.807, 2.05) is 0 Å². The number of hydrogen-bond acceptors (Lipinski definition) is 6. The van der Waals surface area contributed by atoms with Gasteiger partial charge in [0.25, 0.3) is 0 Å². The second-order valence-corrected chi connectivity index (χ2v) is 6.72. The Hall–Kier alpha value is -1.84. The van der Waals surface area contributed by atoms with E-state index >= 15 is 0 Å². The van der Waals surface area contributed by atoms with E-state index in [0.717, 1.165) is 25.3 Å². The van der Waals surface area contributed by atoms with Gasteiger partial charge in [-0.25, -0.2) is 17.8 Å². The van der Waals surface area contributed by atoms with Crippen LogP contribution in [0, 0.1) is 5.92 Å². The average molecular weight is 338 g/mol. The van der Waals surface area contributed by atoms with Crippen molar-refractivity contribution in [2.75, 3.05) is 12.4 Å². The minimum atomic E-state index is -4.09. The summed E-state index contributed by atoms with van der Waals surface area (Å²) in [5, 5.41) is 2.92. The minimum absolute atomic E-state index is 0.0297. The highest BCUT2D eigenvalue weighted by Crippen LogP contribution is 2.28. The summed E-state index contributed by atoms with van der Waals surface area (Å²) in [4.78, 5) is 8.46. The standard InChI is InChI=1S/C12H13F3N2O4S/c13-10(11(14)15)3-4-22(18,19)12-16-5-9(21-12)6-17-20-7-8-1-2-8/h5-6,8H,1-4,7H2/b17-6-. The Labute approximate surface area is 124 Å². The SMILES string of the molecule is O=S(=O)(CCC(F)=C(F)F)c1ncc(/C=N\OCC2CC2)o1. The third kappa shape index (κ3) is 4.86. The number of allylic oxidation sites excluding steroid dienone is 1. The lowest BCUT2D eigenvalue weighted by atomic mass is 10.4. The summed E-state index contributed by atoms with van der Waals surface area (Å²) in [7, 11) is -4.09. The fourth-order valence-electron chi connectivity index (χ4n) is 1.40. The maximum atomic E-state index is 12.6. The van der Waals surface area contributed by atoms with Crippen LogP contribution in [-0.4, -0.2) is 32.0 Å². The molecule has 1 aromatic heterocycles. The summed E-state index contributed by atoms with van der Waals surface area (Å²) < 4.78 is 64.8. The first-order chi connectivity index (χ1) is 10.4. The van der Waals surface area contributed by atoms with Gasteiger partial charge in [0.15, 0.2) is 11.6 Å². The van der Waals surface area contributed by atoms with Crippen LogP contribution in [0.2, 0.25) is 0 Å². The molecule has 122 valence electrons. The van der Waals surface area contributed by atoms with Gasteiger partial charge in [0.1, 0.15) is 12.8 Å². The molecule has 0 saturated heterocycles. The smallest absolute Gasteiger partial charge is 0.315 e. The van der Waals surface area contributed by atoms with E-state index in [9.17, 15) is 21.6 Å². The van der Waals surface area contributed by atoms with Crippen LogP contribution in [0.1, 0.15) is 25.0 Å². The normalized spacial score (nSPS) is 15.2. The molecule has 10 heteroatoms. The number of sulfone groups is 1. The van der Waals surface area contributed by atoms with E-state index in [0.29, 0.717) is 12.5 Å². The van der Waals surface area contributed by atoms with Crippen molar-refractivity contribution in [3.05, 3.63) is 23.9 Å². The highest BCUT2D eigenvalue weighted by molar-refractivity contribution is 7.91. The topological polar surface area (TPSA) is 81.8 Å². The van der Waals surface area contributed by atoms with E-state index in [4.69, 9.17) is 9.25 Å². The lowest BCUT2D eigenvalue weighted by molar-refractivity contribution is 0.135. The summed E-state index contributed by atoms with van der Waals surface area (Å²) in [6.07, 6.45) is 0.967. The first-order valence-corrected chi connectivity index (χ1v) is 8.07. The average Bonchev–Trinajstić information content (AvgIpc) is 3.16. The molecule has 0 unspecified atom stereocenters. The molecule has 0 N–H and O–H groups in total. The van der Waals surface area contributed by atoms with Crippen LogP contribution in [0.4, 0.5) is 13.2 Å². The monoisotopic (exact) mass is 338 g/mol.